The molecule has 0 bridgehead atoms. The van der Waals surface area contributed by atoms with Gasteiger partial charge >= 0.3 is 0 Å². The molecule has 1 N–H and O–H groups in total. The summed E-state index contributed by atoms with van der Waals surface area (Å²) in [5.41, 5.74) is 2.14. The molecular weight excluding hydrogens is 352 g/mol. The van der Waals surface area contributed by atoms with Crippen LogP contribution in [0.1, 0.15) is 24.7 Å². The number of para-hydroxylation sites is 1. The highest BCUT2D eigenvalue weighted by Gasteiger charge is 2.27. The van der Waals surface area contributed by atoms with Crippen molar-refractivity contribution in [1.29, 1.82) is 0 Å². The fourth-order valence-electron chi connectivity index (χ4n) is 4.27. The lowest BCUT2D eigenvalue weighted by Gasteiger charge is -2.29. The van der Waals surface area contributed by atoms with E-state index in [9.17, 15) is 0 Å². The number of guanidine groups is 1. The summed E-state index contributed by atoms with van der Waals surface area (Å²) in [4.78, 5) is 9.86. The van der Waals surface area contributed by atoms with Gasteiger partial charge in [-0.15, -0.1) is 0 Å². The van der Waals surface area contributed by atoms with Crippen molar-refractivity contribution in [2.75, 3.05) is 52.5 Å². The van der Waals surface area contributed by atoms with E-state index < -0.39 is 0 Å². The zero-order valence-corrected chi connectivity index (χ0v) is 17.1. The second-order valence-corrected chi connectivity index (χ2v) is 7.83. The number of hydrogen-bond acceptors (Lipinski definition) is 4. The van der Waals surface area contributed by atoms with Gasteiger partial charge in [-0.3, -0.25) is 4.90 Å². The van der Waals surface area contributed by atoms with Crippen LogP contribution in [0.15, 0.2) is 33.7 Å². The highest BCUT2D eigenvalue weighted by Crippen LogP contribution is 2.25. The molecule has 1 atom stereocenters. The maximum absolute atomic E-state index is 6.04. The first-order valence-corrected chi connectivity index (χ1v) is 10.5. The number of aliphatic imine (C=N–C) groups is 1. The predicted molar refractivity (Wildman–Crippen MR) is 113 cm³/mol. The largest absolute Gasteiger partial charge is 0.459 e. The molecule has 28 heavy (non-hydrogen) atoms. The Morgan fingerprint density at radius 1 is 1.21 bits per heavy atom. The van der Waals surface area contributed by atoms with E-state index in [0.29, 0.717) is 12.5 Å². The van der Waals surface area contributed by atoms with Gasteiger partial charge in [0.2, 0.25) is 0 Å². The summed E-state index contributed by atoms with van der Waals surface area (Å²) < 4.78 is 11.5. The number of benzene rings is 1. The van der Waals surface area contributed by atoms with E-state index in [4.69, 9.17) is 14.1 Å². The molecule has 1 aromatic heterocycles. The lowest BCUT2D eigenvalue weighted by atomic mass is 10.1. The van der Waals surface area contributed by atoms with Crippen molar-refractivity contribution in [2.24, 2.45) is 10.9 Å². The Kier molecular flexibility index (Phi) is 6.17. The Morgan fingerprint density at radius 2 is 2.04 bits per heavy atom. The van der Waals surface area contributed by atoms with Gasteiger partial charge in [-0.25, -0.2) is 4.99 Å². The minimum atomic E-state index is 0.577. The number of hydrogen-bond donors (Lipinski definition) is 1. The summed E-state index contributed by atoms with van der Waals surface area (Å²) in [6.45, 7) is 12.9. The summed E-state index contributed by atoms with van der Waals surface area (Å²) in [6, 6.07) is 8.21. The van der Waals surface area contributed by atoms with Crippen molar-refractivity contribution in [3.63, 3.8) is 0 Å². The SMILES string of the molecule is CCNC(=NCc1oc2ccccc2c1C)N1CCC(CN2CCOCC2)C1. The Labute approximate surface area is 167 Å². The zero-order valence-electron chi connectivity index (χ0n) is 17.1. The number of rotatable bonds is 5. The smallest absolute Gasteiger partial charge is 0.194 e. The van der Waals surface area contributed by atoms with Gasteiger partial charge in [0.05, 0.1) is 13.2 Å². The van der Waals surface area contributed by atoms with Crippen LogP contribution >= 0.6 is 0 Å². The van der Waals surface area contributed by atoms with Gasteiger partial charge in [-0.2, -0.15) is 0 Å². The van der Waals surface area contributed by atoms with Crippen molar-refractivity contribution >= 4 is 16.9 Å². The molecule has 0 radical (unpaired) electrons. The van der Waals surface area contributed by atoms with Crippen LogP contribution in [0.4, 0.5) is 0 Å². The number of ether oxygens (including phenoxy) is 1. The number of aryl methyl sites for hydroxylation is 1. The van der Waals surface area contributed by atoms with Crippen LogP contribution in [-0.2, 0) is 11.3 Å². The predicted octanol–water partition coefficient (Wildman–Crippen LogP) is 2.86. The van der Waals surface area contributed by atoms with Gasteiger partial charge in [-0.1, -0.05) is 18.2 Å². The van der Waals surface area contributed by atoms with Crippen LogP contribution < -0.4 is 5.32 Å². The minimum Gasteiger partial charge on any atom is -0.459 e. The average molecular weight is 385 g/mol. The topological polar surface area (TPSA) is 53.2 Å². The molecule has 2 fully saturated rings. The third-order valence-electron chi connectivity index (χ3n) is 5.86. The number of nitrogens with one attached hydrogen (secondary N) is 1. The summed E-state index contributed by atoms with van der Waals surface area (Å²) in [7, 11) is 0. The van der Waals surface area contributed by atoms with Crippen LogP contribution in [0.25, 0.3) is 11.0 Å². The molecule has 2 aromatic rings. The van der Waals surface area contributed by atoms with Gasteiger partial charge in [0.15, 0.2) is 5.96 Å². The van der Waals surface area contributed by atoms with Gasteiger partial charge in [0, 0.05) is 50.2 Å². The molecule has 0 aliphatic carbocycles. The van der Waals surface area contributed by atoms with E-state index >= 15 is 0 Å². The molecule has 6 heteroatoms. The number of furan rings is 1. The molecule has 2 saturated heterocycles. The molecular formula is C22H32N4O2. The van der Waals surface area contributed by atoms with Crippen LogP contribution in [0.2, 0.25) is 0 Å². The maximum atomic E-state index is 6.04. The van der Waals surface area contributed by atoms with Crippen LogP contribution in [-0.4, -0.2) is 68.2 Å². The normalized spacial score (nSPS) is 21.6. The molecule has 0 saturated carbocycles. The Morgan fingerprint density at radius 3 is 2.82 bits per heavy atom. The third kappa shape index (κ3) is 4.33. The third-order valence-corrected chi connectivity index (χ3v) is 5.86. The molecule has 1 aromatic carbocycles. The van der Waals surface area contributed by atoms with E-state index in [0.717, 1.165) is 63.2 Å². The van der Waals surface area contributed by atoms with Gasteiger partial charge in [0.25, 0.3) is 0 Å². The first kappa shape index (κ1) is 19.3. The Bertz CT molecular complexity index is 810. The van der Waals surface area contributed by atoms with Gasteiger partial charge in [-0.05, 0) is 32.3 Å². The van der Waals surface area contributed by atoms with E-state index in [1.165, 1.54) is 23.9 Å². The van der Waals surface area contributed by atoms with Gasteiger partial charge < -0.3 is 19.4 Å². The fraction of sp³-hybridized carbons (Fsp3) is 0.591. The molecule has 0 amide bonds. The van der Waals surface area contributed by atoms with Gasteiger partial charge in [0.1, 0.15) is 17.9 Å². The minimum absolute atomic E-state index is 0.577. The average Bonchev–Trinajstić information content (AvgIpc) is 3.31. The standard InChI is InChI=1S/C22H32N4O2/c1-3-23-22(24-14-21-17(2)19-6-4-5-7-20(19)28-21)26-9-8-18(16-26)15-25-10-12-27-13-11-25/h4-7,18H,3,8-16H2,1-2H3,(H,23,24). The molecule has 152 valence electrons. The maximum Gasteiger partial charge on any atom is 0.194 e. The summed E-state index contributed by atoms with van der Waals surface area (Å²) >= 11 is 0. The monoisotopic (exact) mass is 384 g/mol. The van der Waals surface area contributed by atoms with Crippen molar-refractivity contribution in [1.82, 2.24) is 15.1 Å². The first-order valence-electron chi connectivity index (χ1n) is 10.5. The number of morpholine rings is 1. The lowest BCUT2D eigenvalue weighted by Crippen LogP contribution is -2.42. The zero-order chi connectivity index (χ0) is 19.3. The highest BCUT2D eigenvalue weighted by molar-refractivity contribution is 5.82. The lowest BCUT2D eigenvalue weighted by molar-refractivity contribution is 0.0315. The number of nitrogens with zero attached hydrogens (tertiary/aromatic N) is 3. The Balaban J connectivity index is 1.41. The summed E-state index contributed by atoms with van der Waals surface area (Å²) in [5, 5.41) is 4.66. The van der Waals surface area contributed by atoms with Crippen molar-refractivity contribution in [3.05, 3.63) is 35.6 Å². The number of likely N-dealkylation sites (tertiary alicyclic amines) is 1. The second kappa shape index (κ2) is 8.97. The highest BCUT2D eigenvalue weighted by atomic mass is 16.5. The molecule has 3 heterocycles. The van der Waals surface area contributed by atoms with Crippen LogP contribution in [0.3, 0.4) is 0 Å². The molecule has 4 rings (SSSR count). The number of fused-ring (bicyclic) bond motifs is 1. The second-order valence-electron chi connectivity index (χ2n) is 7.83. The van der Waals surface area contributed by atoms with Crippen molar-refractivity contribution < 1.29 is 9.15 Å². The summed E-state index contributed by atoms with van der Waals surface area (Å²) in [5.74, 6) is 2.67. The fourth-order valence-corrected chi connectivity index (χ4v) is 4.27. The van der Waals surface area contributed by atoms with E-state index in [1.54, 1.807) is 0 Å². The van der Waals surface area contributed by atoms with E-state index in [1.807, 2.05) is 12.1 Å². The van der Waals surface area contributed by atoms with Crippen molar-refractivity contribution in [2.45, 2.75) is 26.8 Å². The van der Waals surface area contributed by atoms with E-state index in [-0.39, 0.29) is 0 Å². The van der Waals surface area contributed by atoms with Crippen molar-refractivity contribution in [3.8, 4) is 0 Å². The molecule has 0 spiro atoms. The van der Waals surface area contributed by atoms with Crippen LogP contribution in [0.5, 0.6) is 0 Å². The first-order chi connectivity index (χ1) is 13.7. The van der Waals surface area contributed by atoms with E-state index in [2.05, 4.69) is 41.1 Å². The Hall–Kier alpha value is -2.05. The molecule has 6 nitrogen and oxygen atoms in total. The summed E-state index contributed by atoms with van der Waals surface area (Å²) in [6.07, 6.45) is 1.23. The molecule has 2 aliphatic rings. The van der Waals surface area contributed by atoms with Crippen LogP contribution in [0, 0.1) is 12.8 Å². The molecule has 1 unspecified atom stereocenters. The molecule has 2 aliphatic heterocycles. The quantitative estimate of drug-likeness (QED) is 0.635.